The van der Waals surface area contributed by atoms with Crippen LogP contribution in [0.2, 0.25) is 0 Å². The highest BCUT2D eigenvalue weighted by molar-refractivity contribution is 5.42. The van der Waals surface area contributed by atoms with Gasteiger partial charge in [-0.15, -0.1) is 0 Å². The van der Waals surface area contributed by atoms with E-state index in [2.05, 4.69) is 34.9 Å². The van der Waals surface area contributed by atoms with E-state index in [9.17, 15) is 0 Å². The van der Waals surface area contributed by atoms with Crippen molar-refractivity contribution in [3.05, 3.63) is 23.9 Å². The highest BCUT2D eigenvalue weighted by Gasteiger charge is 2.21. The molecule has 1 aromatic rings. The van der Waals surface area contributed by atoms with E-state index in [1.54, 1.807) is 6.07 Å². The second-order valence-electron chi connectivity index (χ2n) is 4.66. The predicted molar refractivity (Wildman–Crippen MR) is 67.9 cm³/mol. The maximum atomic E-state index is 8.86. The molecule has 0 N–H and O–H groups in total. The van der Waals surface area contributed by atoms with Crippen molar-refractivity contribution in [1.82, 2.24) is 9.88 Å². The average Bonchev–Trinajstić information content (AvgIpc) is 2.38. The van der Waals surface area contributed by atoms with Crippen molar-refractivity contribution in [1.29, 1.82) is 5.26 Å². The molecule has 0 saturated carbocycles. The van der Waals surface area contributed by atoms with Crippen molar-refractivity contribution in [3.63, 3.8) is 0 Å². The van der Waals surface area contributed by atoms with Crippen LogP contribution in [0.3, 0.4) is 0 Å². The summed E-state index contributed by atoms with van der Waals surface area (Å²) in [6.07, 6.45) is 2.42. The number of nitriles is 1. The molecule has 4 heteroatoms. The highest BCUT2D eigenvalue weighted by atomic mass is 15.2. The molecule has 2 heterocycles. The standard InChI is InChI=1S/C13H18N4/c1-16-8-4-6-12(10-16)17(2)13-7-3-5-11(9-14)15-13/h3,5,7,12H,4,6,8,10H2,1-2H3. The van der Waals surface area contributed by atoms with Crippen LogP contribution in [0.4, 0.5) is 5.82 Å². The van der Waals surface area contributed by atoms with E-state index in [-0.39, 0.29) is 0 Å². The van der Waals surface area contributed by atoms with Crippen LogP contribution in [-0.2, 0) is 0 Å². The van der Waals surface area contributed by atoms with E-state index in [4.69, 9.17) is 5.26 Å². The first-order valence-electron chi connectivity index (χ1n) is 5.99. The fraction of sp³-hybridized carbons (Fsp3) is 0.538. The molecule has 4 nitrogen and oxygen atoms in total. The Balaban J connectivity index is 2.13. The lowest BCUT2D eigenvalue weighted by molar-refractivity contribution is 0.247. The third-order valence-corrected chi connectivity index (χ3v) is 3.36. The normalized spacial score (nSPS) is 20.9. The Morgan fingerprint density at radius 3 is 3.06 bits per heavy atom. The van der Waals surface area contributed by atoms with E-state index in [0.29, 0.717) is 11.7 Å². The van der Waals surface area contributed by atoms with E-state index in [1.165, 1.54) is 19.4 Å². The zero-order valence-electron chi connectivity index (χ0n) is 10.4. The number of piperidine rings is 1. The first-order valence-corrected chi connectivity index (χ1v) is 5.99. The van der Waals surface area contributed by atoms with Gasteiger partial charge in [0.15, 0.2) is 0 Å². The number of likely N-dealkylation sites (tertiary alicyclic amines) is 1. The van der Waals surface area contributed by atoms with Gasteiger partial charge in [-0.3, -0.25) is 0 Å². The Bertz CT molecular complexity index is 424. The maximum Gasteiger partial charge on any atom is 0.142 e. The quantitative estimate of drug-likeness (QED) is 0.772. The highest BCUT2D eigenvalue weighted by Crippen LogP contribution is 2.19. The summed E-state index contributed by atoms with van der Waals surface area (Å²) in [6, 6.07) is 8.18. The van der Waals surface area contributed by atoms with Crippen LogP contribution in [-0.4, -0.2) is 43.1 Å². The van der Waals surface area contributed by atoms with Crippen molar-refractivity contribution >= 4 is 5.82 Å². The number of nitrogens with zero attached hydrogens (tertiary/aromatic N) is 4. The number of rotatable bonds is 2. The van der Waals surface area contributed by atoms with Crippen molar-refractivity contribution in [2.24, 2.45) is 0 Å². The van der Waals surface area contributed by atoms with Gasteiger partial charge in [0.1, 0.15) is 17.6 Å². The first kappa shape index (κ1) is 11.9. The molecule has 1 aliphatic rings. The number of pyridine rings is 1. The Morgan fingerprint density at radius 2 is 2.35 bits per heavy atom. The third kappa shape index (κ3) is 2.75. The van der Waals surface area contributed by atoms with Gasteiger partial charge in [0.25, 0.3) is 0 Å². The van der Waals surface area contributed by atoms with Crippen LogP contribution in [0.1, 0.15) is 18.5 Å². The van der Waals surface area contributed by atoms with Gasteiger partial charge in [-0.05, 0) is 38.6 Å². The molecule has 0 spiro atoms. The molecule has 0 aromatic carbocycles. The van der Waals surface area contributed by atoms with Crippen LogP contribution in [0.5, 0.6) is 0 Å². The predicted octanol–water partition coefficient (Wildman–Crippen LogP) is 1.48. The number of aromatic nitrogens is 1. The molecule has 0 radical (unpaired) electrons. The Hall–Kier alpha value is -1.60. The second kappa shape index (κ2) is 5.15. The monoisotopic (exact) mass is 230 g/mol. The number of hydrogen-bond acceptors (Lipinski definition) is 4. The zero-order chi connectivity index (χ0) is 12.3. The molecule has 0 amide bonds. The summed E-state index contributed by atoms with van der Waals surface area (Å²) >= 11 is 0. The van der Waals surface area contributed by atoms with Crippen LogP contribution in [0.15, 0.2) is 18.2 Å². The fourth-order valence-corrected chi connectivity index (χ4v) is 2.32. The summed E-state index contributed by atoms with van der Waals surface area (Å²) in [6.45, 7) is 2.24. The van der Waals surface area contributed by atoms with Crippen LogP contribution >= 0.6 is 0 Å². The van der Waals surface area contributed by atoms with Crippen LogP contribution < -0.4 is 4.90 Å². The summed E-state index contributed by atoms with van der Waals surface area (Å²) in [5.74, 6) is 0.893. The van der Waals surface area contributed by atoms with Gasteiger partial charge < -0.3 is 9.80 Å². The third-order valence-electron chi connectivity index (χ3n) is 3.36. The molecule has 1 unspecified atom stereocenters. The van der Waals surface area contributed by atoms with Crippen molar-refractivity contribution in [2.45, 2.75) is 18.9 Å². The number of anilines is 1. The zero-order valence-corrected chi connectivity index (χ0v) is 10.4. The van der Waals surface area contributed by atoms with Gasteiger partial charge in [0, 0.05) is 19.6 Å². The SMILES string of the molecule is CN1CCCC(N(C)c2cccc(C#N)n2)C1. The lowest BCUT2D eigenvalue weighted by Gasteiger charge is -2.36. The molecule has 1 aromatic heterocycles. The lowest BCUT2D eigenvalue weighted by atomic mass is 10.1. The Labute approximate surface area is 102 Å². The molecule has 1 aliphatic heterocycles. The number of likely N-dealkylation sites (N-methyl/N-ethyl adjacent to an activating group) is 2. The molecular formula is C13H18N4. The van der Waals surface area contributed by atoms with Crippen molar-refractivity contribution in [2.75, 3.05) is 32.1 Å². The van der Waals surface area contributed by atoms with E-state index < -0.39 is 0 Å². The average molecular weight is 230 g/mol. The Morgan fingerprint density at radius 1 is 1.53 bits per heavy atom. The van der Waals surface area contributed by atoms with Crippen LogP contribution in [0.25, 0.3) is 0 Å². The van der Waals surface area contributed by atoms with Gasteiger partial charge in [0.2, 0.25) is 0 Å². The molecule has 2 rings (SSSR count). The largest absolute Gasteiger partial charge is 0.355 e. The van der Waals surface area contributed by atoms with Crippen molar-refractivity contribution < 1.29 is 0 Å². The summed E-state index contributed by atoms with van der Waals surface area (Å²) in [4.78, 5) is 8.87. The Kier molecular flexibility index (Phi) is 3.60. The summed E-state index contributed by atoms with van der Waals surface area (Å²) < 4.78 is 0. The van der Waals surface area contributed by atoms with Gasteiger partial charge in [-0.1, -0.05) is 6.07 Å². The summed E-state index contributed by atoms with van der Waals surface area (Å²) in [7, 11) is 4.21. The molecular weight excluding hydrogens is 212 g/mol. The molecule has 17 heavy (non-hydrogen) atoms. The van der Waals surface area contributed by atoms with E-state index >= 15 is 0 Å². The second-order valence-corrected chi connectivity index (χ2v) is 4.66. The van der Waals surface area contributed by atoms with Gasteiger partial charge in [-0.2, -0.15) is 5.26 Å². The van der Waals surface area contributed by atoms with Gasteiger partial charge in [-0.25, -0.2) is 4.98 Å². The molecule has 1 atom stereocenters. The minimum atomic E-state index is 0.485. The van der Waals surface area contributed by atoms with E-state index in [1.807, 2.05) is 12.1 Å². The van der Waals surface area contributed by atoms with Gasteiger partial charge in [0.05, 0.1) is 0 Å². The summed E-state index contributed by atoms with van der Waals surface area (Å²) in [5.41, 5.74) is 0.485. The van der Waals surface area contributed by atoms with Crippen LogP contribution in [0, 0.1) is 11.3 Å². The number of hydrogen-bond donors (Lipinski definition) is 0. The molecule has 1 fully saturated rings. The lowest BCUT2D eigenvalue weighted by Crippen LogP contribution is -2.45. The van der Waals surface area contributed by atoms with Gasteiger partial charge >= 0.3 is 0 Å². The molecule has 0 aliphatic carbocycles. The fourth-order valence-electron chi connectivity index (χ4n) is 2.32. The molecule has 90 valence electrons. The maximum absolute atomic E-state index is 8.86. The topological polar surface area (TPSA) is 43.2 Å². The first-order chi connectivity index (χ1) is 8.20. The molecule has 0 bridgehead atoms. The summed E-state index contributed by atoms with van der Waals surface area (Å²) in [5, 5.41) is 8.86. The van der Waals surface area contributed by atoms with E-state index in [0.717, 1.165) is 12.4 Å². The smallest absolute Gasteiger partial charge is 0.142 e. The minimum Gasteiger partial charge on any atom is -0.355 e. The molecule has 1 saturated heterocycles. The van der Waals surface area contributed by atoms with Crippen molar-refractivity contribution in [3.8, 4) is 6.07 Å². The minimum absolute atomic E-state index is 0.485.